The van der Waals surface area contributed by atoms with Gasteiger partial charge in [-0.25, -0.2) is 0 Å². The maximum absolute atomic E-state index is 6.23. The Kier molecular flexibility index (Phi) is 5.02. The first-order valence-electron chi connectivity index (χ1n) is 9.29. The third-order valence-electron chi connectivity index (χ3n) is 5.24. The molecule has 0 radical (unpaired) electrons. The first-order chi connectivity index (χ1) is 13.0. The molecule has 1 aromatic carbocycles. The minimum Gasteiger partial charge on any atom is -0.338 e. The molecule has 1 aliphatic rings. The number of aromatic nitrogens is 4. The van der Waals surface area contributed by atoms with Crippen molar-refractivity contribution in [2.45, 2.75) is 52.2 Å². The summed E-state index contributed by atoms with van der Waals surface area (Å²) in [5.41, 5.74) is 4.60. The van der Waals surface area contributed by atoms with Crippen molar-refractivity contribution in [3.8, 4) is 0 Å². The number of hydrogen-bond acceptors (Lipinski definition) is 5. The molecule has 7 heteroatoms. The SMILES string of the molecule is Cc1nn(C)c(C)c1CN(Cc1nc(Cc2ccccc2Cl)no1)C1CC1. The Morgan fingerprint density at radius 1 is 1.22 bits per heavy atom. The standard InChI is InChI=1S/C20H24ClN5O/c1-13-17(14(2)25(3)23-13)11-26(16-8-9-16)12-20-22-19(24-27-20)10-15-6-4-5-7-18(15)21/h4-7,16H,8-12H2,1-3H3. The van der Waals surface area contributed by atoms with Crippen molar-refractivity contribution < 1.29 is 4.52 Å². The van der Waals surface area contributed by atoms with Gasteiger partial charge in [-0.05, 0) is 38.3 Å². The lowest BCUT2D eigenvalue weighted by Crippen LogP contribution is -2.25. The average Bonchev–Trinajstić information content (AvgIpc) is 3.35. The zero-order valence-corrected chi connectivity index (χ0v) is 16.7. The normalized spacial score (nSPS) is 14.3. The maximum Gasteiger partial charge on any atom is 0.240 e. The third kappa shape index (κ3) is 4.06. The monoisotopic (exact) mass is 385 g/mol. The summed E-state index contributed by atoms with van der Waals surface area (Å²) in [6, 6.07) is 8.34. The molecule has 2 heterocycles. The molecule has 0 atom stereocenters. The minimum absolute atomic E-state index is 0.577. The maximum atomic E-state index is 6.23. The lowest BCUT2D eigenvalue weighted by Gasteiger charge is -2.20. The summed E-state index contributed by atoms with van der Waals surface area (Å²) in [4.78, 5) is 7.01. The Labute approximate surface area is 164 Å². The van der Waals surface area contributed by atoms with Gasteiger partial charge in [0.1, 0.15) is 0 Å². The Hall–Kier alpha value is -2.18. The summed E-state index contributed by atoms with van der Waals surface area (Å²) in [5, 5.41) is 9.41. The lowest BCUT2D eigenvalue weighted by atomic mass is 10.1. The van der Waals surface area contributed by atoms with Crippen molar-refractivity contribution in [2.24, 2.45) is 7.05 Å². The van der Waals surface area contributed by atoms with Gasteiger partial charge >= 0.3 is 0 Å². The van der Waals surface area contributed by atoms with Crippen molar-refractivity contribution in [1.82, 2.24) is 24.8 Å². The van der Waals surface area contributed by atoms with Crippen LogP contribution in [0.15, 0.2) is 28.8 Å². The molecular weight excluding hydrogens is 362 g/mol. The van der Waals surface area contributed by atoms with Crippen LogP contribution < -0.4 is 0 Å². The first kappa shape index (κ1) is 18.2. The molecule has 0 aliphatic heterocycles. The van der Waals surface area contributed by atoms with Crippen molar-refractivity contribution in [3.63, 3.8) is 0 Å². The molecular formula is C20H24ClN5O. The minimum atomic E-state index is 0.577. The lowest BCUT2D eigenvalue weighted by molar-refractivity contribution is 0.209. The molecule has 142 valence electrons. The fourth-order valence-corrected chi connectivity index (χ4v) is 3.62. The van der Waals surface area contributed by atoms with Crippen LogP contribution in [0.5, 0.6) is 0 Å². The summed E-state index contributed by atoms with van der Waals surface area (Å²) >= 11 is 6.23. The van der Waals surface area contributed by atoms with Crippen molar-refractivity contribution in [2.75, 3.05) is 0 Å². The second-order valence-electron chi connectivity index (χ2n) is 7.28. The molecule has 1 aliphatic carbocycles. The largest absolute Gasteiger partial charge is 0.338 e. The zero-order chi connectivity index (χ0) is 19.0. The molecule has 3 aromatic rings. The van der Waals surface area contributed by atoms with E-state index in [1.807, 2.05) is 36.0 Å². The van der Waals surface area contributed by atoms with Crippen LogP contribution in [-0.4, -0.2) is 30.9 Å². The van der Waals surface area contributed by atoms with Crippen LogP contribution in [0.25, 0.3) is 0 Å². The van der Waals surface area contributed by atoms with Crippen molar-refractivity contribution in [3.05, 3.63) is 63.5 Å². The topological polar surface area (TPSA) is 60.0 Å². The average molecular weight is 386 g/mol. The van der Waals surface area contributed by atoms with E-state index >= 15 is 0 Å². The van der Waals surface area contributed by atoms with Crippen LogP contribution in [-0.2, 0) is 26.6 Å². The highest BCUT2D eigenvalue weighted by Gasteiger charge is 2.31. The van der Waals surface area contributed by atoms with E-state index in [4.69, 9.17) is 16.1 Å². The quantitative estimate of drug-likeness (QED) is 0.618. The van der Waals surface area contributed by atoms with Gasteiger partial charge in [-0.15, -0.1) is 0 Å². The van der Waals surface area contributed by atoms with Gasteiger partial charge in [0.2, 0.25) is 5.89 Å². The number of halogens is 1. The molecule has 27 heavy (non-hydrogen) atoms. The van der Waals surface area contributed by atoms with Gasteiger partial charge in [0.25, 0.3) is 0 Å². The van der Waals surface area contributed by atoms with E-state index in [0.717, 1.165) is 22.8 Å². The van der Waals surface area contributed by atoms with E-state index in [9.17, 15) is 0 Å². The van der Waals surface area contributed by atoms with Gasteiger partial charge in [0, 0.05) is 42.3 Å². The number of hydrogen-bond donors (Lipinski definition) is 0. The second-order valence-corrected chi connectivity index (χ2v) is 7.69. The molecule has 2 aromatic heterocycles. The summed E-state index contributed by atoms with van der Waals surface area (Å²) in [6.07, 6.45) is 3.02. The molecule has 0 amide bonds. The molecule has 1 fully saturated rings. The van der Waals surface area contributed by atoms with E-state index in [1.54, 1.807) is 0 Å². The van der Waals surface area contributed by atoms with Gasteiger partial charge < -0.3 is 4.52 Å². The molecule has 0 N–H and O–H groups in total. The van der Waals surface area contributed by atoms with Crippen LogP contribution in [0, 0.1) is 13.8 Å². The molecule has 6 nitrogen and oxygen atoms in total. The van der Waals surface area contributed by atoms with E-state index in [-0.39, 0.29) is 0 Å². The van der Waals surface area contributed by atoms with Crippen molar-refractivity contribution >= 4 is 11.6 Å². The molecule has 0 bridgehead atoms. The van der Waals surface area contributed by atoms with Gasteiger partial charge in [-0.2, -0.15) is 10.1 Å². The Morgan fingerprint density at radius 3 is 2.67 bits per heavy atom. The van der Waals surface area contributed by atoms with Crippen molar-refractivity contribution in [1.29, 1.82) is 0 Å². The molecule has 0 saturated heterocycles. The highest BCUT2D eigenvalue weighted by Crippen LogP contribution is 2.31. The fourth-order valence-electron chi connectivity index (χ4n) is 3.42. The molecule has 1 saturated carbocycles. The predicted octanol–water partition coefficient (Wildman–Crippen LogP) is 3.83. The van der Waals surface area contributed by atoms with Crippen LogP contribution in [0.2, 0.25) is 5.02 Å². The summed E-state index contributed by atoms with van der Waals surface area (Å²) in [6.45, 7) is 5.71. The summed E-state index contributed by atoms with van der Waals surface area (Å²) in [7, 11) is 1.99. The van der Waals surface area contributed by atoms with Gasteiger partial charge in [-0.1, -0.05) is 35.0 Å². The number of aryl methyl sites for hydroxylation is 2. The predicted molar refractivity (Wildman–Crippen MR) is 104 cm³/mol. The van der Waals surface area contributed by atoms with E-state index in [0.29, 0.717) is 30.7 Å². The summed E-state index contributed by atoms with van der Waals surface area (Å²) in [5.74, 6) is 1.32. The highest BCUT2D eigenvalue weighted by molar-refractivity contribution is 6.31. The molecule has 0 spiro atoms. The van der Waals surface area contributed by atoms with Gasteiger partial charge in [-0.3, -0.25) is 9.58 Å². The van der Waals surface area contributed by atoms with E-state index < -0.39 is 0 Å². The first-order valence-corrected chi connectivity index (χ1v) is 9.67. The number of benzene rings is 1. The number of rotatable bonds is 7. The smallest absolute Gasteiger partial charge is 0.240 e. The Morgan fingerprint density at radius 2 is 2.00 bits per heavy atom. The zero-order valence-electron chi connectivity index (χ0n) is 15.9. The van der Waals surface area contributed by atoms with Crippen LogP contribution in [0.4, 0.5) is 0 Å². The number of nitrogens with zero attached hydrogens (tertiary/aromatic N) is 5. The van der Waals surface area contributed by atoms with Gasteiger partial charge in [0.15, 0.2) is 5.82 Å². The van der Waals surface area contributed by atoms with Crippen LogP contribution in [0.3, 0.4) is 0 Å². The second kappa shape index (κ2) is 7.44. The van der Waals surface area contributed by atoms with Gasteiger partial charge in [0.05, 0.1) is 12.2 Å². The Bertz CT molecular complexity index is 944. The van der Waals surface area contributed by atoms with E-state index in [2.05, 4.69) is 34.0 Å². The highest BCUT2D eigenvalue weighted by atomic mass is 35.5. The molecule has 0 unspecified atom stereocenters. The third-order valence-corrected chi connectivity index (χ3v) is 5.61. The van der Waals surface area contributed by atoms with Crippen LogP contribution >= 0.6 is 11.6 Å². The van der Waals surface area contributed by atoms with Crippen LogP contribution in [0.1, 0.15) is 47.1 Å². The molecule has 4 rings (SSSR count). The van der Waals surface area contributed by atoms with E-state index in [1.165, 1.54) is 24.1 Å². The fraction of sp³-hybridized carbons (Fsp3) is 0.450. The summed E-state index contributed by atoms with van der Waals surface area (Å²) < 4.78 is 7.47. The Balaban J connectivity index is 1.47.